The van der Waals surface area contributed by atoms with Crippen LogP contribution in [0.2, 0.25) is 0 Å². The van der Waals surface area contributed by atoms with Gasteiger partial charge in [0.15, 0.2) is 24.8 Å². The zero-order valence-corrected chi connectivity index (χ0v) is 28.0. The molecule has 0 radical (unpaired) electrons. The molecule has 2 aromatic carbocycles. The highest BCUT2D eigenvalue weighted by atomic mass is 16.8. The van der Waals surface area contributed by atoms with Gasteiger partial charge in [-0.2, -0.15) is 0 Å². The fourth-order valence-corrected chi connectivity index (χ4v) is 7.44. The van der Waals surface area contributed by atoms with Gasteiger partial charge in [-0.15, -0.1) is 0 Å². The standard InChI is InChI=1S/C35H40O18/c1-14-26(49-30(44)15-2-6-17(38)7-3-15)25(43)28(50-31(45)16-4-8-18(39)9-5-16)34(47-14)51-27-19-10-11-46-32(21(19)35(13-37)29(27)53-35)52-33-24(42)23(41)22(40)20(12-36)48-33/h2-11,14,19-29,32-34,36-43H,12-13H2,1H3/t14-,19+,20+,21+,22+,23-,24+,25+,26-,27-,28+,29-,32-,33-,34-,35+/m0/s1. The number of esters is 2. The van der Waals surface area contributed by atoms with Gasteiger partial charge >= 0.3 is 11.9 Å². The maximum Gasteiger partial charge on any atom is 0.338 e. The number of aromatic hydroxyl groups is 2. The zero-order valence-electron chi connectivity index (χ0n) is 28.0. The highest BCUT2D eigenvalue weighted by Crippen LogP contribution is 2.61. The Kier molecular flexibility index (Phi) is 10.4. The lowest BCUT2D eigenvalue weighted by molar-refractivity contribution is -0.346. The third-order valence-electron chi connectivity index (χ3n) is 10.3. The third-order valence-corrected chi connectivity index (χ3v) is 10.3. The predicted octanol–water partition coefficient (Wildman–Crippen LogP) is -1.60. The molecule has 3 saturated heterocycles. The van der Waals surface area contributed by atoms with Gasteiger partial charge in [0.25, 0.3) is 0 Å². The topological polar surface area (TPSA) is 273 Å². The van der Waals surface area contributed by atoms with E-state index >= 15 is 0 Å². The number of aliphatic hydroxyl groups excluding tert-OH is 6. The van der Waals surface area contributed by atoms with Gasteiger partial charge in [0, 0.05) is 5.92 Å². The summed E-state index contributed by atoms with van der Waals surface area (Å²) in [6.07, 6.45) is -15.3. The first-order chi connectivity index (χ1) is 25.4. The van der Waals surface area contributed by atoms with Gasteiger partial charge in [0.1, 0.15) is 53.7 Å². The lowest BCUT2D eigenvalue weighted by Gasteiger charge is -2.44. The van der Waals surface area contributed by atoms with Crippen LogP contribution in [0.5, 0.6) is 11.5 Å². The summed E-state index contributed by atoms with van der Waals surface area (Å²) in [4.78, 5) is 26.3. The van der Waals surface area contributed by atoms with E-state index in [1.165, 1.54) is 61.7 Å². The van der Waals surface area contributed by atoms with Crippen LogP contribution in [0.15, 0.2) is 60.9 Å². The second kappa shape index (κ2) is 14.7. The van der Waals surface area contributed by atoms with E-state index in [0.717, 1.165) is 0 Å². The molecule has 18 heteroatoms. The Morgan fingerprint density at radius 2 is 1.32 bits per heavy atom. The summed E-state index contributed by atoms with van der Waals surface area (Å²) >= 11 is 0. The van der Waals surface area contributed by atoms with Crippen molar-refractivity contribution in [1.29, 1.82) is 0 Å². The Morgan fingerprint density at radius 1 is 0.717 bits per heavy atom. The maximum absolute atomic E-state index is 13.3. The van der Waals surface area contributed by atoms with Crippen molar-refractivity contribution < 1.29 is 88.3 Å². The minimum atomic E-state index is -1.74. The number of rotatable bonds is 10. The second-order valence-corrected chi connectivity index (χ2v) is 13.6. The first kappa shape index (κ1) is 37.4. The molecule has 4 heterocycles. The molecule has 288 valence electrons. The number of fused-ring (bicyclic) bond motifs is 3. The summed E-state index contributed by atoms with van der Waals surface area (Å²) in [5.41, 5.74) is -1.23. The number of carbonyl (C=O) groups is 2. The Hall–Kier alpha value is -3.92. The first-order valence-corrected chi connectivity index (χ1v) is 16.9. The molecule has 8 N–H and O–H groups in total. The molecule has 53 heavy (non-hydrogen) atoms. The summed E-state index contributed by atoms with van der Waals surface area (Å²) < 4.78 is 47.1. The Bertz CT molecular complexity index is 1650. The molecular formula is C35H40O18. The number of hydrogen-bond acceptors (Lipinski definition) is 18. The van der Waals surface area contributed by atoms with Crippen molar-refractivity contribution in [3.63, 3.8) is 0 Å². The number of aliphatic hydroxyl groups is 6. The number of phenols is 2. The molecule has 18 nitrogen and oxygen atoms in total. The number of ether oxygens (including phenoxy) is 8. The smallest absolute Gasteiger partial charge is 0.338 e. The molecular weight excluding hydrogens is 708 g/mol. The van der Waals surface area contributed by atoms with Crippen LogP contribution in [0, 0.1) is 11.8 Å². The van der Waals surface area contributed by atoms with Crippen molar-refractivity contribution in [3.05, 3.63) is 72.0 Å². The Labute approximate surface area is 301 Å². The van der Waals surface area contributed by atoms with Crippen molar-refractivity contribution in [2.75, 3.05) is 13.2 Å². The fourth-order valence-electron chi connectivity index (χ4n) is 7.44. The van der Waals surface area contributed by atoms with Crippen molar-refractivity contribution in [1.82, 2.24) is 0 Å². The summed E-state index contributed by atoms with van der Waals surface area (Å²) in [5, 5.41) is 82.2. The zero-order chi connectivity index (χ0) is 37.8. The van der Waals surface area contributed by atoms with Crippen LogP contribution in [-0.4, -0.2) is 152 Å². The van der Waals surface area contributed by atoms with Gasteiger partial charge in [-0.25, -0.2) is 9.59 Å². The number of epoxide rings is 1. The molecule has 0 aromatic heterocycles. The average molecular weight is 749 g/mol. The number of phenolic OH excluding ortho intramolecular Hbond substituents is 2. The van der Waals surface area contributed by atoms with Gasteiger partial charge in [-0.3, -0.25) is 0 Å². The van der Waals surface area contributed by atoms with E-state index in [9.17, 15) is 50.4 Å². The van der Waals surface area contributed by atoms with Crippen molar-refractivity contribution in [3.8, 4) is 11.5 Å². The van der Waals surface area contributed by atoms with E-state index in [4.69, 9.17) is 37.9 Å². The van der Waals surface area contributed by atoms with Crippen LogP contribution in [0.3, 0.4) is 0 Å². The molecule has 0 spiro atoms. The quantitative estimate of drug-likeness (QED) is 0.100. The number of carbonyl (C=O) groups excluding carboxylic acids is 2. The van der Waals surface area contributed by atoms with E-state index in [-0.39, 0.29) is 22.6 Å². The molecule has 16 atom stereocenters. The normalized spacial score (nSPS) is 41.5. The number of benzene rings is 2. The molecule has 4 aliphatic heterocycles. The molecule has 5 aliphatic rings. The van der Waals surface area contributed by atoms with Crippen LogP contribution in [0.4, 0.5) is 0 Å². The lowest BCUT2D eigenvalue weighted by atomic mass is 9.85. The highest BCUT2D eigenvalue weighted by molar-refractivity contribution is 5.90. The van der Waals surface area contributed by atoms with E-state index < -0.39 is 122 Å². The molecule has 7 rings (SSSR count). The summed E-state index contributed by atoms with van der Waals surface area (Å²) in [6, 6.07) is 10.3. The molecule has 2 aromatic rings. The van der Waals surface area contributed by atoms with Crippen LogP contribution in [0.25, 0.3) is 0 Å². The fraction of sp³-hybridized carbons (Fsp3) is 0.543. The second-order valence-electron chi connectivity index (χ2n) is 13.6. The largest absolute Gasteiger partial charge is 0.508 e. The van der Waals surface area contributed by atoms with E-state index in [2.05, 4.69) is 0 Å². The molecule has 0 bridgehead atoms. The van der Waals surface area contributed by atoms with Crippen LogP contribution >= 0.6 is 0 Å². The summed E-state index contributed by atoms with van der Waals surface area (Å²) in [5.74, 6) is -3.46. The Balaban J connectivity index is 1.13. The van der Waals surface area contributed by atoms with E-state index in [0.29, 0.717) is 0 Å². The van der Waals surface area contributed by atoms with Gasteiger partial charge in [-0.1, -0.05) is 0 Å². The third kappa shape index (κ3) is 6.85. The van der Waals surface area contributed by atoms with Crippen molar-refractivity contribution in [2.45, 2.75) is 92.4 Å². The van der Waals surface area contributed by atoms with Crippen LogP contribution < -0.4 is 0 Å². The van der Waals surface area contributed by atoms with Gasteiger partial charge in [0.2, 0.25) is 6.29 Å². The monoisotopic (exact) mass is 748 g/mol. The Morgan fingerprint density at radius 3 is 1.91 bits per heavy atom. The van der Waals surface area contributed by atoms with Gasteiger partial charge in [-0.05, 0) is 61.5 Å². The predicted molar refractivity (Wildman–Crippen MR) is 170 cm³/mol. The molecule has 1 saturated carbocycles. The lowest BCUT2D eigenvalue weighted by Crippen LogP contribution is -2.61. The summed E-state index contributed by atoms with van der Waals surface area (Å²) in [6.45, 7) is 0.280. The van der Waals surface area contributed by atoms with Crippen molar-refractivity contribution in [2.24, 2.45) is 11.8 Å². The van der Waals surface area contributed by atoms with Crippen LogP contribution in [0.1, 0.15) is 27.6 Å². The van der Waals surface area contributed by atoms with Crippen molar-refractivity contribution >= 4 is 11.9 Å². The molecule has 4 fully saturated rings. The van der Waals surface area contributed by atoms with Gasteiger partial charge in [0.05, 0.1) is 48.7 Å². The minimum Gasteiger partial charge on any atom is -0.508 e. The number of hydrogen-bond donors (Lipinski definition) is 8. The molecule has 0 amide bonds. The summed E-state index contributed by atoms with van der Waals surface area (Å²) in [7, 11) is 0. The molecule has 0 unspecified atom stereocenters. The SMILES string of the molecule is C[C@@H]1O[C@@H](O[C@H]2[C@@H]3C=CO[C@@H](O[C@@H]4O[C@H](CO)[C@@H](O)[C@H](O)[C@H]4O)[C@@H]3[C@@]3(CO)O[C@@H]23)[C@H](OC(=O)c2ccc(O)cc2)[C@H](O)[C@H]1OC(=O)c1ccc(O)cc1. The maximum atomic E-state index is 13.3. The highest BCUT2D eigenvalue weighted by Gasteiger charge is 2.77. The van der Waals surface area contributed by atoms with E-state index in [1.54, 1.807) is 6.08 Å². The first-order valence-electron chi connectivity index (χ1n) is 16.9. The minimum absolute atomic E-state index is 0.0105. The average Bonchev–Trinajstić information content (AvgIpc) is 3.83. The van der Waals surface area contributed by atoms with Crippen LogP contribution in [-0.2, 0) is 37.9 Å². The van der Waals surface area contributed by atoms with Gasteiger partial charge < -0.3 is 78.7 Å². The van der Waals surface area contributed by atoms with E-state index in [1.807, 2.05) is 0 Å². The molecule has 1 aliphatic carbocycles.